The monoisotopic (exact) mass is 337 g/mol. The standard InChI is InChI=1S/C14H12BrNS2/c1-8-10(15)7-13(17-8)14(16)12-6-9-4-2-3-5-11(9)18-12/h2-7,14H,16H2,1H3. The van der Waals surface area contributed by atoms with Crippen LogP contribution >= 0.6 is 38.6 Å². The van der Waals surface area contributed by atoms with E-state index in [0.29, 0.717) is 0 Å². The Kier molecular flexibility index (Phi) is 3.28. The van der Waals surface area contributed by atoms with Crippen LogP contribution in [0.5, 0.6) is 0 Å². The van der Waals surface area contributed by atoms with Gasteiger partial charge in [-0.3, -0.25) is 0 Å². The molecule has 3 aromatic rings. The van der Waals surface area contributed by atoms with Gasteiger partial charge in [-0.25, -0.2) is 0 Å². The minimum absolute atomic E-state index is 0.0163. The molecule has 4 heteroatoms. The Morgan fingerprint density at radius 2 is 1.83 bits per heavy atom. The van der Waals surface area contributed by atoms with Crippen LogP contribution in [0.15, 0.2) is 40.9 Å². The Hall–Kier alpha value is -0.680. The Morgan fingerprint density at radius 1 is 1.11 bits per heavy atom. The lowest BCUT2D eigenvalue weighted by Crippen LogP contribution is -2.07. The molecule has 0 saturated heterocycles. The van der Waals surface area contributed by atoms with Gasteiger partial charge in [0, 0.05) is 23.8 Å². The van der Waals surface area contributed by atoms with Gasteiger partial charge in [0.25, 0.3) is 0 Å². The van der Waals surface area contributed by atoms with Crippen molar-refractivity contribution >= 4 is 48.7 Å². The summed E-state index contributed by atoms with van der Waals surface area (Å²) in [7, 11) is 0. The van der Waals surface area contributed by atoms with E-state index in [-0.39, 0.29) is 6.04 Å². The molecule has 0 aliphatic heterocycles. The highest BCUT2D eigenvalue weighted by Gasteiger charge is 2.15. The SMILES string of the molecule is Cc1sc(C(N)c2cc3ccccc3s2)cc1Br. The van der Waals surface area contributed by atoms with Gasteiger partial charge in [0.1, 0.15) is 0 Å². The Balaban J connectivity index is 2.03. The third-order valence-electron chi connectivity index (χ3n) is 2.93. The number of thiophene rings is 2. The van der Waals surface area contributed by atoms with Gasteiger partial charge in [0.2, 0.25) is 0 Å². The minimum atomic E-state index is -0.0163. The molecule has 2 aromatic heterocycles. The fourth-order valence-corrected chi connectivity index (χ4v) is 4.67. The van der Waals surface area contributed by atoms with Crippen LogP contribution in [0.4, 0.5) is 0 Å². The first-order chi connectivity index (χ1) is 8.65. The first kappa shape index (κ1) is 12.4. The highest BCUT2D eigenvalue weighted by Crippen LogP contribution is 2.36. The van der Waals surface area contributed by atoms with E-state index in [1.165, 1.54) is 24.7 Å². The molecule has 0 bridgehead atoms. The lowest BCUT2D eigenvalue weighted by Gasteiger charge is -2.05. The number of fused-ring (bicyclic) bond motifs is 1. The van der Waals surface area contributed by atoms with E-state index in [2.05, 4.69) is 59.3 Å². The number of halogens is 1. The van der Waals surface area contributed by atoms with Crippen molar-refractivity contribution < 1.29 is 0 Å². The van der Waals surface area contributed by atoms with E-state index in [0.717, 1.165) is 4.47 Å². The zero-order valence-electron chi connectivity index (χ0n) is 9.81. The predicted molar refractivity (Wildman–Crippen MR) is 84.6 cm³/mol. The highest BCUT2D eigenvalue weighted by atomic mass is 79.9. The van der Waals surface area contributed by atoms with Crippen molar-refractivity contribution in [2.75, 3.05) is 0 Å². The molecule has 0 fully saturated rings. The zero-order valence-corrected chi connectivity index (χ0v) is 13.0. The van der Waals surface area contributed by atoms with Crippen LogP contribution in [0.25, 0.3) is 10.1 Å². The molecule has 1 atom stereocenters. The van der Waals surface area contributed by atoms with Crippen LogP contribution in [-0.4, -0.2) is 0 Å². The molecule has 0 saturated carbocycles. The number of aryl methyl sites for hydroxylation is 1. The maximum Gasteiger partial charge on any atom is 0.0740 e. The van der Waals surface area contributed by atoms with Crippen molar-refractivity contribution in [3.63, 3.8) is 0 Å². The largest absolute Gasteiger partial charge is 0.319 e. The number of nitrogens with two attached hydrogens (primary N) is 1. The van der Waals surface area contributed by atoms with Crippen LogP contribution < -0.4 is 5.73 Å². The summed E-state index contributed by atoms with van der Waals surface area (Å²) in [6.45, 7) is 2.11. The quantitative estimate of drug-likeness (QED) is 0.693. The molecule has 1 nitrogen and oxygen atoms in total. The number of hydrogen-bond acceptors (Lipinski definition) is 3. The number of rotatable bonds is 2. The predicted octanol–water partition coefficient (Wildman–Crippen LogP) is 5.08. The first-order valence-electron chi connectivity index (χ1n) is 5.65. The minimum Gasteiger partial charge on any atom is -0.319 e. The van der Waals surface area contributed by atoms with Gasteiger partial charge in [-0.05, 0) is 46.4 Å². The maximum absolute atomic E-state index is 6.36. The molecule has 2 heterocycles. The third-order valence-corrected chi connectivity index (χ3v) is 6.35. The molecule has 3 rings (SSSR count). The first-order valence-corrected chi connectivity index (χ1v) is 8.07. The molecular weight excluding hydrogens is 326 g/mol. The summed E-state index contributed by atoms with van der Waals surface area (Å²) in [6.07, 6.45) is 0. The topological polar surface area (TPSA) is 26.0 Å². The van der Waals surface area contributed by atoms with Crippen LogP contribution in [0, 0.1) is 6.92 Å². The van der Waals surface area contributed by atoms with E-state index < -0.39 is 0 Å². The van der Waals surface area contributed by atoms with Crippen molar-refractivity contribution in [2.45, 2.75) is 13.0 Å². The molecule has 0 amide bonds. The van der Waals surface area contributed by atoms with E-state index in [1.54, 1.807) is 22.7 Å². The molecule has 0 radical (unpaired) electrons. The smallest absolute Gasteiger partial charge is 0.0740 e. The Labute approximate surface area is 122 Å². The van der Waals surface area contributed by atoms with Gasteiger partial charge in [-0.2, -0.15) is 0 Å². The molecule has 0 aliphatic rings. The van der Waals surface area contributed by atoms with Gasteiger partial charge in [-0.1, -0.05) is 18.2 Å². The fourth-order valence-electron chi connectivity index (χ4n) is 1.93. The van der Waals surface area contributed by atoms with Crippen LogP contribution in [-0.2, 0) is 0 Å². The molecule has 0 spiro atoms. The summed E-state index contributed by atoms with van der Waals surface area (Å²) < 4.78 is 2.45. The average molecular weight is 338 g/mol. The summed E-state index contributed by atoms with van der Waals surface area (Å²) in [5.41, 5.74) is 6.36. The second kappa shape index (κ2) is 4.78. The van der Waals surface area contributed by atoms with Crippen molar-refractivity contribution in [2.24, 2.45) is 5.73 Å². The van der Waals surface area contributed by atoms with E-state index in [1.807, 2.05) is 0 Å². The van der Waals surface area contributed by atoms with E-state index in [9.17, 15) is 0 Å². The lowest BCUT2D eigenvalue weighted by atomic mass is 10.2. The van der Waals surface area contributed by atoms with Gasteiger partial charge >= 0.3 is 0 Å². The number of benzene rings is 1. The molecular formula is C14H12BrNS2. The van der Waals surface area contributed by atoms with Crippen molar-refractivity contribution in [3.8, 4) is 0 Å². The summed E-state index contributed by atoms with van der Waals surface area (Å²) in [5, 5.41) is 1.28. The van der Waals surface area contributed by atoms with Crippen molar-refractivity contribution in [1.82, 2.24) is 0 Å². The Morgan fingerprint density at radius 3 is 2.50 bits per heavy atom. The number of hydrogen-bond donors (Lipinski definition) is 1. The lowest BCUT2D eigenvalue weighted by molar-refractivity contribution is 0.918. The molecule has 1 aromatic carbocycles. The average Bonchev–Trinajstić information content (AvgIpc) is 2.93. The molecule has 2 N–H and O–H groups in total. The second-order valence-corrected chi connectivity index (χ2v) is 7.47. The van der Waals surface area contributed by atoms with Gasteiger partial charge in [0.05, 0.1) is 6.04 Å². The highest BCUT2D eigenvalue weighted by molar-refractivity contribution is 9.10. The van der Waals surface area contributed by atoms with Gasteiger partial charge in [-0.15, -0.1) is 22.7 Å². The maximum atomic E-state index is 6.36. The second-order valence-electron chi connectivity index (χ2n) is 4.22. The summed E-state index contributed by atoms with van der Waals surface area (Å²) in [6, 6.07) is 12.7. The summed E-state index contributed by atoms with van der Waals surface area (Å²) in [4.78, 5) is 3.72. The van der Waals surface area contributed by atoms with Gasteiger partial charge in [0.15, 0.2) is 0 Å². The van der Waals surface area contributed by atoms with E-state index >= 15 is 0 Å². The summed E-state index contributed by atoms with van der Waals surface area (Å²) in [5.74, 6) is 0. The summed E-state index contributed by atoms with van der Waals surface area (Å²) >= 11 is 7.09. The molecule has 92 valence electrons. The van der Waals surface area contributed by atoms with E-state index in [4.69, 9.17) is 5.73 Å². The normalized spacial score (nSPS) is 13.1. The Bertz CT molecular complexity index is 646. The zero-order chi connectivity index (χ0) is 12.7. The van der Waals surface area contributed by atoms with Crippen LogP contribution in [0.3, 0.4) is 0 Å². The van der Waals surface area contributed by atoms with Crippen molar-refractivity contribution in [1.29, 1.82) is 0 Å². The molecule has 0 aliphatic carbocycles. The van der Waals surface area contributed by atoms with Gasteiger partial charge < -0.3 is 5.73 Å². The van der Waals surface area contributed by atoms with Crippen LogP contribution in [0.2, 0.25) is 0 Å². The van der Waals surface area contributed by atoms with Crippen LogP contribution in [0.1, 0.15) is 20.7 Å². The van der Waals surface area contributed by atoms with Crippen molar-refractivity contribution in [3.05, 3.63) is 55.5 Å². The third kappa shape index (κ3) is 2.14. The molecule has 1 unspecified atom stereocenters. The fraction of sp³-hybridized carbons (Fsp3) is 0.143. The molecule has 18 heavy (non-hydrogen) atoms.